The Labute approximate surface area is 219 Å². The summed E-state index contributed by atoms with van der Waals surface area (Å²) in [5.41, 5.74) is 0.934. The van der Waals surface area contributed by atoms with Crippen LogP contribution in [0.4, 0.5) is 13.2 Å². The quantitative estimate of drug-likeness (QED) is 0.223. The van der Waals surface area contributed by atoms with Crippen LogP contribution in [0.2, 0.25) is 0 Å². The van der Waals surface area contributed by atoms with E-state index in [2.05, 4.69) is 6.58 Å². The highest BCUT2D eigenvalue weighted by molar-refractivity contribution is 8.07. The van der Waals surface area contributed by atoms with Crippen molar-refractivity contribution < 1.29 is 33.2 Å². The van der Waals surface area contributed by atoms with Crippen LogP contribution < -0.4 is 0 Å². The van der Waals surface area contributed by atoms with Gasteiger partial charge in [0.25, 0.3) is 0 Å². The van der Waals surface area contributed by atoms with Gasteiger partial charge in [-0.25, -0.2) is 0 Å². The molecule has 0 unspecified atom stereocenters. The van der Waals surface area contributed by atoms with E-state index in [0.717, 1.165) is 15.4 Å². The van der Waals surface area contributed by atoms with Gasteiger partial charge in [0.15, 0.2) is 0 Å². The highest BCUT2D eigenvalue weighted by Crippen LogP contribution is 2.54. The van der Waals surface area contributed by atoms with Gasteiger partial charge < -0.3 is 20.1 Å². The van der Waals surface area contributed by atoms with Gasteiger partial charge in [0, 0.05) is 36.4 Å². The van der Waals surface area contributed by atoms with Gasteiger partial charge in [0.05, 0.1) is 12.5 Å². The molecule has 37 heavy (non-hydrogen) atoms. The largest absolute Gasteiger partial charge is 0.508 e. The molecule has 2 aliphatic carbocycles. The fraction of sp³-hybridized carbons (Fsp3) is 0.429. The number of nitrogens with zero attached hydrogens (tertiary/aromatic N) is 1. The Balaban J connectivity index is 1.38. The van der Waals surface area contributed by atoms with Gasteiger partial charge in [-0.1, -0.05) is 36.6 Å². The Morgan fingerprint density at radius 1 is 1.22 bits per heavy atom. The maximum atomic E-state index is 12.4. The van der Waals surface area contributed by atoms with Crippen LogP contribution in [-0.4, -0.2) is 58.2 Å². The summed E-state index contributed by atoms with van der Waals surface area (Å²) in [6.07, 6.45) is 11.4. The van der Waals surface area contributed by atoms with Crippen molar-refractivity contribution in [3.63, 3.8) is 0 Å². The van der Waals surface area contributed by atoms with Gasteiger partial charge in [-0.15, -0.1) is 0 Å². The van der Waals surface area contributed by atoms with E-state index < -0.39 is 18.7 Å². The number of fused-ring (bicyclic) bond motifs is 1. The van der Waals surface area contributed by atoms with Crippen molar-refractivity contribution in [2.75, 3.05) is 19.6 Å². The van der Waals surface area contributed by atoms with Crippen LogP contribution in [0.1, 0.15) is 25.7 Å². The van der Waals surface area contributed by atoms with Crippen molar-refractivity contribution in [3.05, 3.63) is 93.9 Å². The van der Waals surface area contributed by atoms with Crippen molar-refractivity contribution >= 4 is 11.8 Å². The topological polar surface area (TPSA) is 73.2 Å². The lowest BCUT2D eigenvalue weighted by atomic mass is 9.84. The van der Waals surface area contributed by atoms with E-state index in [0.29, 0.717) is 38.1 Å². The smallest absolute Gasteiger partial charge is 0.390 e. The molecule has 0 radical (unpaired) electrons. The number of allylic oxidation sites excluding steroid dienone is 10. The summed E-state index contributed by atoms with van der Waals surface area (Å²) in [5, 5.41) is 31.0. The molecule has 0 bridgehead atoms. The molecule has 1 fully saturated rings. The van der Waals surface area contributed by atoms with Gasteiger partial charge in [0.2, 0.25) is 0 Å². The van der Waals surface area contributed by atoms with Crippen molar-refractivity contribution in [3.8, 4) is 0 Å². The molecule has 2 aliphatic heterocycles. The first-order valence-corrected chi connectivity index (χ1v) is 13.2. The summed E-state index contributed by atoms with van der Waals surface area (Å²) < 4.78 is 43.1. The lowest BCUT2D eigenvalue weighted by Gasteiger charge is -2.39. The highest BCUT2D eigenvalue weighted by atomic mass is 32.2. The third-order valence-electron chi connectivity index (χ3n) is 6.72. The molecule has 2 heterocycles. The zero-order valence-corrected chi connectivity index (χ0v) is 21.2. The first-order chi connectivity index (χ1) is 17.6. The van der Waals surface area contributed by atoms with E-state index >= 15 is 0 Å². The lowest BCUT2D eigenvalue weighted by Crippen LogP contribution is -2.52. The second-order valence-corrected chi connectivity index (χ2v) is 10.7. The molecule has 0 amide bonds. The average Bonchev–Trinajstić information content (AvgIpc) is 3.18. The first kappa shape index (κ1) is 27.4. The molecule has 0 saturated carbocycles. The number of hydrogen-bond acceptors (Lipinski definition) is 6. The van der Waals surface area contributed by atoms with E-state index in [9.17, 15) is 28.5 Å². The normalized spacial score (nSPS) is 25.9. The molecule has 3 atom stereocenters. The fourth-order valence-electron chi connectivity index (χ4n) is 4.84. The first-order valence-electron chi connectivity index (χ1n) is 12.4. The molecule has 0 spiro atoms. The molecule has 200 valence electrons. The minimum atomic E-state index is -4.16. The SMILES string of the molecule is C=C/C=C(\C=C/C[C@H](O)C1=C([C@H]2C=CC(O)=CC2)SC2=CC(O)=CC[C@H]21)OC1CN(CCC(F)(F)F)C1. The van der Waals surface area contributed by atoms with E-state index in [1.165, 1.54) is 0 Å². The Kier molecular flexibility index (Phi) is 8.77. The van der Waals surface area contributed by atoms with Crippen LogP contribution in [0, 0.1) is 11.8 Å². The number of halogens is 3. The molecule has 0 aromatic rings. The minimum absolute atomic E-state index is 0.00398. The fourth-order valence-corrected chi connectivity index (χ4v) is 6.36. The summed E-state index contributed by atoms with van der Waals surface area (Å²) >= 11 is 1.58. The van der Waals surface area contributed by atoms with Gasteiger partial charge in [0.1, 0.15) is 23.4 Å². The van der Waals surface area contributed by atoms with Crippen LogP contribution in [0.15, 0.2) is 93.9 Å². The molecule has 1 saturated heterocycles. The molecule has 4 rings (SSSR count). The summed E-state index contributed by atoms with van der Waals surface area (Å²) in [6.45, 7) is 4.54. The molecule has 5 nitrogen and oxygen atoms in total. The van der Waals surface area contributed by atoms with Gasteiger partial charge in [-0.2, -0.15) is 13.2 Å². The lowest BCUT2D eigenvalue weighted by molar-refractivity contribution is -0.144. The molecule has 0 aromatic carbocycles. The standard InChI is InChI=1S/C28H32F3NO4S/c1-2-4-21(36-22-16-32(17-22)14-13-28(29,30)31)5-3-6-24(35)26-23-12-11-20(34)15-25(23)37-27(26)18-7-9-19(33)10-8-18/h2-5,7,9-11,15,18,22-24,33-35H,1,6,8,12-14,16-17H2/b5-3-,21-4+/t18-,23+,24-/m0/s1. The van der Waals surface area contributed by atoms with Crippen molar-refractivity contribution in [1.82, 2.24) is 4.90 Å². The zero-order valence-electron chi connectivity index (χ0n) is 20.4. The third-order valence-corrected chi connectivity index (χ3v) is 8.12. The maximum Gasteiger partial charge on any atom is 0.390 e. The average molecular weight is 536 g/mol. The molecule has 0 aromatic heterocycles. The Morgan fingerprint density at radius 2 is 1.97 bits per heavy atom. The molecular formula is C28H32F3NO4S. The summed E-state index contributed by atoms with van der Waals surface area (Å²) in [5.74, 6) is 1.05. The van der Waals surface area contributed by atoms with Gasteiger partial charge in [-0.3, -0.25) is 4.90 Å². The number of hydrogen-bond donors (Lipinski definition) is 3. The highest BCUT2D eigenvalue weighted by Gasteiger charge is 2.38. The number of aliphatic hydroxyl groups is 3. The van der Waals surface area contributed by atoms with Crippen molar-refractivity contribution in [2.45, 2.75) is 44.1 Å². The van der Waals surface area contributed by atoms with Crippen LogP contribution >= 0.6 is 11.8 Å². The van der Waals surface area contributed by atoms with E-state index in [1.54, 1.807) is 59.2 Å². The predicted octanol–water partition coefficient (Wildman–Crippen LogP) is 6.38. The second-order valence-electron chi connectivity index (χ2n) is 9.54. The van der Waals surface area contributed by atoms with E-state index in [1.807, 2.05) is 12.2 Å². The van der Waals surface area contributed by atoms with Crippen LogP contribution in [0.25, 0.3) is 0 Å². The van der Waals surface area contributed by atoms with Crippen molar-refractivity contribution in [1.29, 1.82) is 0 Å². The van der Waals surface area contributed by atoms with E-state index in [4.69, 9.17) is 4.74 Å². The summed E-state index contributed by atoms with van der Waals surface area (Å²) in [6, 6.07) is 0. The van der Waals surface area contributed by atoms with Crippen molar-refractivity contribution in [2.24, 2.45) is 11.8 Å². The second kappa shape index (κ2) is 11.8. The monoisotopic (exact) mass is 535 g/mol. The number of thioether (sulfide) groups is 1. The maximum absolute atomic E-state index is 12.4. The van der Waals surface area contributed by atoms with Crippen LogP contribution in [0.3, 0.4) is 0 Å². The number of alkyl halides is 3. The van der Waals surface area contributed by atoms with Crippen LogP contribution in [-0.2, 0) is 4.74 Å². The number of likely N-dealkylation sites (tertiary alicyclic amines) is 1. The zero-order chi connectivity index (χ0) is 26.6. The number of ether oxygens (including phenoxy) is 1. The molecule has 4 aliphatic rings. The molecule has 9 heteroatoms. The molecular weight excluding hydrogens is 503 g/mol. The number of aliphatic hydroxyl groups excluding tert-OH is 3. The summed E-state index contributed by atoms with van der Waals surface area (Å²) in [7, 11) is 0. The van der Waals surface area contributed by atoms with Gasteiger partial charge in [-0.05, 0) is 66.2 Å². The third kappa shape index (κ3) is 7.24. The van der Waals surface area contributed by atoms with E-state index in [-0.39, 0.29) is 36.0 Å². The van der Waals surface area contributed by atoms with Crippen LogP contribution in [0.5, 0.6) is 0 Å². The molecule has 3 N–H and O–H groups in total. The summed E-state index contributed by atoms with van der Waals surface area (Å²) in [4.78, 5) is 3.77. The predicted molar refractivity (Wildman–Crippen MR) is 140 cm³/mol. The van der Waals surface area contributed by atoms with Gasteiger partial charge >= 0.3 is 6.18 Å². The number of rotatable bonds is 10. The Morgan fingerprint density at radius 3 is 2.65 bits per heavy atom. The Bertz CT molecular complexity index is 1090. The Hall–Kier alpha value is -2.62. The minimum Gasteiger partial charge on any atom is -0.508 e.